The molecule has 1 aromatic carbocycles. The molecule has 2 aromatic heterocycles. The molecule has 0 aliphatic rings. The van der Waals surface area contributed by atoms with Crippen LogP contribution in [0.15, 0.2) is 53.6 Å². The van der Waals surface area contributed by atoms with Crippen LogP contribution in [0, 0.1) is 13.8 Å². The Morgan fingerprint density at radius 1 is 1.19 bits per heavy atom. The van der Waals surface area contributed by atoms with Crippen LogP contribution < -0.4 is 15.6 Å². The monoisotopic (exact) mass is 367 g/mol. The summed E-state index contributed by atoms with van der Waals surface area (Å²) in [6, 6.07) is 10.5. The average Bonchev–Trinajstić information content (AvgIpc) is 3.19. The van der Waals surface area contributed by atoms with E-state index in [1.165, 1.54) is 10.7 Å². The standard InChI is InChI=1S/C19H21N5O3/c1-14-5-3-6-16(15(14)2)27-13-18(25)20-10-12-24-19(26)8-7-17(22-24)23-11-4-9-21-23/h3-9,11H,10,12-13H2,1-2H3,(H,20,25). The molecule has 0 bridgehead atoms. The number of amides is 1. The molecule has 1 N–H and O–H groups in total. The number of nitrogens with zero attached hydrogens (tertiary/aromatic N) is 4. The van der Waals surface area contributed by atoms with Crippen molar-refractivity contribution in [2.24, 2.45) is 0 Å². The lowest BCUT2D eigenvalue weighted by atomic mass is 10.1. The lowest BCUT2D eigenvalue weighted by Crippen LogP contribution is -2.34. The molecule has 3 aromatic rings. The summed E-state index contributed by atoms with van der Waals surface area (Å²) in [7, 11) is 0. The van der Waals surface area contributed by atoms with E-state index in [0.717, 1.165) is 11.1 Å². The zero-order chi connectivity index (χ0) is 19.2. The molecule has 0 aliphatic carbocycles. The number of carbonyl (C=O) groups is 1. The first-order valence-corrected chi connectivity index (χ1v) is 8.58. The Kier molecular flexibility index (Phi) is 5.65. The zero-order valence-corrected chi connectivity index (χ0v) is 15.3. The summed E-state index contributed by atoms with van der Waals surface area (Å²) in [6.45, 7) is 4.38. The van der Waals surface area contributed by atoms with Crippen molar-refractivity contribution < 1.29 is 9.53 Å². The van der Waals surface area contributed by atoms with Crippen molar-refractivity contribution in [1.29, 1.82) is 0 Å². The van der Waals surface area contributed by atoms with E-state index >= 15 is 0 Å². The van der Waals surface area contributed by atoms with Crippen molar-refractivity contribution in [3.8, 4) is 11.6 Å². The molecule has 0 saturated heterocycles. The van der Waals surface area contributed by atoms with Gasteiger partial charge in [0.2, 0.25) is 0 Å². The highest BCUT2D eigenvalue weighted by Crippen LogP contribution is 2.20. The van der Waals surface area contributed by atoms with E-state index in [1.807, 2.05) is 32.0 Å². The number of benzene rings is 1. The second-order valence-electron chi connectivity index (χ2n) is 6.04. The topological polar surface area (TPSA) is 91.0 Å². The van der Waals surface area contributed by atoms with Crippen LogP contribution in [0.2, 0.25) is 0 Å². The first-order valence-electron chi connectivity index (χ1n) is 8.58. The Hall–Kier alpha value is -3.42. The van der Waals surface area contributed by atoms with Crippen molar-refractivity contribution in [1.82, 2.24) is 24.9 Å². The van der Waals surface area contributed by atoms with Crippen molar-refractivity contribution in [2.75, 3.05) is 13.2 Å². The minimum Gasteiger partial charge on any atom is -0.483 e. The maximum Gasteiger partial charge on any atom is 0.266 e. The molecule has 0 fully saturated rings. The maximum absolute atomic E-state index is 12.0. The minimum atomic E-state index is -0.257. The van der Waals surface area contributed by atoms with Gasteiger partial charge in [-0.15, -0.1) is 5.10 Å². The van der Waals surface area contributed by atoms with Crippen molar-refractivity contribution in [3.63, 3.8) is 0 Å². The summed E-state index contributed by atoms with van der Waals surface area (Å²) in [5, 5.41) is 11.1. The van der Waals surface area contributed by atoms with Gasteiger partial charge in [-0.25, -0.2) is 9.36 Å². The second kappa shape index (κ2) is 8.31. The van der Waals surface area contributed by atoms with Gasteiger partial charge in [-0.2, -0.15) is 5.10 Å². The molecule has 0 radical (unpaired) electrons. The van der Waals surface area contributed by atoms with Crippen molar-refractivity contribution >= 4 is 5.91 Å². The summed E-state index contributed by atoms with van der Waals surface area (Å²) in [6.07, 6.45) is 3.37. The molecule has 0 atom stereocenters. The smallest absolute Gasteiger partial charge is 0.266 e. The molecule has 0 saturated carbocycles. The number of rotatable bonds is 7. The Labute approximate surface area is 156 Å². The van der Waals surface area contributed by atoms with Gasteiger partial charge in [0.1, 0.15) is 5.75 Å². The lowest BCUT2D eigenvalue weighted by Gasteiger charge is -2.11. The van der Waals surface area contributed by atoms with Crippen LogP contribution in [0.5, 0.6) is 5.75 Å². The quantitative estimate of drug-likeness (QED) is 0.678. The number of hydrogen-bond donors (Lipinski definition) is 1. The lowest BCUT2D eigenvalue weighted by molar-refractivity contribution is -0.123. The zero-order valence-electron chi connectivity index (χ0n) is 15.3. The van der Waals surface area contributed by atoms with E-state index in [2.05, 4.69) is 15.5 Å². The fourth-order valence-corrected chi connectivity index (χ4v) is 2.50. The molecule has 0 unspecified atom stereocenters. The number of nitrogens with one attached hydrogen (secondary N) is 1. The SMILES string of the molecule is Cc1cccc(OCC(=O)NCCn2nc(-n3cccn3)ccc2=O)c1C. The molecule has 0 aliphatic heterocycles. The predicted molar refractivity (Wildman–Crippen MR) is 100 cm³/mol. The first kappa shape index (κ1) is 18.4. The van der Waals surface area contributed by atoms with E-state index in [4.69, 9.17) is 4.74 Å². The molecule has 1 amide bonds. The van der Waals surface area contributed by atoms with Gasteiger partial charge in [-0.3, -0.25) is 9.59 Å². The van der Waals surface area contributed by atoms with Gasteiger partial charge in [0.25, 0.3) is 11.5 Å². The highest BCUT2D eigenvalue weighted by molar-refractivity contribution is 5.77. The van der Waals surface area contributed by atoms with Crippen LogP contribution in [0.4, 0.5) is 0 Å². The van der Waals surface area contributed by atoms with Gasteiger partial charge >= 0.3 is 0 Å². The van der Waals surface area contributed by atoms with Crippen LogP contribution in [0.25, 0.3) is 5.82 Å². The second-order valence-corrected chi connectivity index (χ2v) is 6.04. The third kappa shape index (κ3) is 4.60. The van der Waals surface area contributed by atoms with Gasteiger partial charge in [-0.05, 0) is 43.2 Å². The van der Waals surface area contributed by atoms with E-state index in [9.17, 15) is 9.59 Å². The van der Waals surface area contributed by atoms with Gasteiger partial charge < -0.3 is 10.1 Å². The molecular weight excluding hydrogens is 346 g/mol. The third-order valence-electron chi connectivity index (χ3n) is 4.15. The third-order valence-corrected chi connectivity index (χ3v) is 4.15. The molecule has 8 nitrogen and oxygen atoms in total. The number of aromatic nitrogens is 4. The van der Waals surface area contributed by atoms with Crippen LogP contribution in [-0.2, 0) is 11.3 Å². The Morgan fingerprint density at radius 3 is 2.81 bits per heavy atom. The highest BCUT2D eigenvalue weighted by Gasteiger charge is 2.07. The first-order chi connectivity index (χ1) is 13.0. The van der Waals surface area contributed by atoms with Crippen LogP contribution in [0.3, 0.4) is 0 Å². The van der Waals surface area contributed by atoms with Crippen molar-refractivity contribution in [3.05, 3.63) is 70.3 Å². The summed E-state index contributed by atoms with van der Waals surface area (Å²) in [5.74, 6) is 0.964. The maximum atomic E-state index is 12.0. The largest absolute Gasteiger partial charge is 0.483 e. The number of aryl methyl sites for hydroxylation is 1. The molecular formula is C19H21N5O3. The van der Waals surface area contributed by atoms with Gasteiger partial charge in [-0.1, -0.05) is 12.1 Å². The fraction of sp³-hybridized carbons (Fsp3) is 0.263. The normalized spacial score (nSPS) is 10.6. The Morgan fingerprint density at radius 2 is 2.04 bits per heavy atom. The molecule has 140 valence electrons. The van der Waals surface area contributed by atoms with Crippen LogP contribution >= 0.6 is 0 Å². The molecule has 2 heterocycles. The van der Waals surface area contributed by atoms with E-state index < -0.39 is 0 Å². The van der Waals surface area contributed by atoms with E-state index in [0.29, 0.717) is 11.6 Å². The molecule has 8 heteroatoms. The van der Waals surface area contributed by atoms with Gasteiger partial charge in [0, 0.05) is 25.0 Å². The Balaban J connectivity index is 1.52. The minimum absolute atomic E-state index is 0.0834. The highest BCUT2D eigenvalue weighted by atomic mass is 16.5. The number of hydrogen-bond acceptors (Lipinski definition) is 5. The summed E-state index contributed by atoms with van der Waals surface area (Å²) in [5.41, 5.74) is 1.87. The summed E-state index contributed by atoms with van der Waals surface area (Å²) in [4.78, 5) is 23.9. The predicted octanol–water partition coefficient (Wildman–Crippen LogP) is 1.24. The number of ether oxygens (including phenoxy) is 1. The van der Waals surface area contributed by atoms with Gasteiger partial charge in [0.15, 0.2) is 12.4 Å². The Bertz CT molecular complexity index is 979. The fourth-order valence-electron chi connectivity index (χ4n) is 2.50. The van der Waals surface area contributed by atoms with E-state index in [1.54, 1.807) is 29.2 Å². The number of carbonyl (C=O) groups excluding carboxylic acids is 1. The summed E-state index contributed by atoms with van der Waals surface area (Å²) < 4.78 is 8.42. The van der Waals surface area contributed by atoms with E-state index in [-0.39, 0.29) is 31.2 Å². The van der Waals surface area contributed by atoms with Crippen LogP contribution in [0.1, 0.15) is 11.1 Å². The molecule has 3 rings (SSSR count). The molecule has 27 heavy (non-hydrogen) atoms. The van der Waals surface area contributed by atoms with Crippen molar-refractivity contribution in [2.45, 2.75) is 20.4 Å². The van der Waals surface area contributed by atoms with Crippen LogP contribution in [-0.4, -0.2) is 38.6 Å². The average molecular weight is 367 g/mol. The summed E-state index contributed by atoms with van der Waals surface area (Å²) >= 11 is 0. The van der Waals surface area contributed by atoms with Gasteiger partial charge in [0.05, 0.1) is 6.54 Å². The molecule has 0 spiro atoms.